The number of likely N-dealkylation sites (tertiary alicyclic amines) is 1. The molecule has 0 spiro atoms. The van der Waals surface area contributed by atoms with Crippen LogP contribution in [0.4, 0.5) is 0 Å². The summed E-state index contributed by atoms with van der Waals surface area (Å²) in [6.45, 7) is 7.25. The quantitative estimate of drug-likeness (QED) is 0.854. The predicted octanol–water partition coefficient (Wildman–Crippen LogP) is 3.73. The van der Waals surface area contributed by atoms with E-state index in [1.165, 1.54) is 0 Å². The molecule has 1 saturated heterocycles. The maximum atomic E-state index is 13.1. The topological polar surface area (TPSA) is 75.4 Å². The van der Waals surface area contributed by atoms with E-state index in [1.54, 1.807) is 6.07 Å². The van der Waals surface area contributed by atoms with Crippen LogP contribution >= 0.6 is 0 Å². The monoisotopic (exact) mass is 387 g/mol. The second kappa shape index (κ2) is 7.88. The van der Waals surface area contributed by atoms with Gasteiger partial charge in [0.25, 0.3) is 5.91 Å². The zero-order valence-electron chi connectivity index (χ0n) is 17.3. The highest BCUT2D eigenvalue weighted by Crippen LogP contribution is 2.40. The van der Waals surface area contributed by atoms with Crippen molar-refractivity contribution in [2.45, 2.75) is 83.7 Å². The molecule has 1 aliphatic heterocycles. The second-order valence-electron chi connectivity index (χ2n) is 9.35. The molecule has 2 aliphatic carbocycles. The van der Waals surface area contributed by atoms with Crippen LogP contribution in [0.25, 0.3) is 0 Å². The molecule has 1 aromatic rings. The van der Waals surface area contributed by atoms with Crippen LogP contribution in [-0.4, -0.2) is 40.5 Å². The second-order valence-corrected chi connectivity index (χ2v) is 9.35. The van der Waals surface area contributed by atoms with E-state index in [0.717, 1.165) is 56.6 Å². The summed E-state index contributed by atoms with van der Waals surface area (Å²) in [7, 11) is 0. The van der Waals surface area contributed by atoms with Crippen molar-refractivity contribution in [1.29, 1.82) is 0 Å². The Labute approximate surface area is 167 Å². The molecule has 0 radical (unpaired) electrons. The smallest absolute Gasteiger partial charge is 0.273 e. The summed E-state index contributed by atoms with van der Waals surface area (Å²) in [5.41, 5.74) is 0.372. The summed E-state index contributed by atoms with van der Waals surface area (Å²) in [5.74, 6) is 2.58. The Kier molecular flexibility index (Phi) is 5.48. The largest absolute Gasteiger partial charge is 0.360 e. The van der Waals surface area contributed by atoms with E-state index < -0.39 is 0 Å². The van der Waals surface area contributed by atoms with E-state index in [9.17, 15) is 9.59 Å². The molecule has 154 valence electrons. The van der Waals surface area contributed by atoms with Crippen molar-refractivity contribution in [3.8, 4) is 0 Å². The Morgan fingerprint density at radius 1 is 1.07 bits per heavy atom. The summed E-state index contributed by atoms with van der Waals surface area (Å²) in [5, 5.41) is 7.08. The molecule has 1 N–H and O–H groups in total. The molecular weight excluding hydrogens is 354 g/mol. The fraction of sp³-hybridized carbons (Fsp3) is 0.773. The molecule has 3 atom stereocenters. The van der Waals surface area contributed by atoms with Gasteiger partial charge in [0.05, 0.1) is 0 Å². The third kappa shape index (κ3) is 3.96. The summed E-state index contributed by atoms with van der Waals surface area (Å²) in [6, 6.07) is 1.97. The SMILES string of the molecule is CC1CCC(C(=O)N2CCC(NC(=O)c3cc(C4CC4)on3)C(C)C2C)CC1. The molecule has 2 amide bonds. The number of hydrogen-bond donors (Lipinski definition) is 1. The Bertz CT molecular complexity index is 718. The number of amides is 2. The van der Waals surface area contributed by atoms with E-state index in [0.29, 0.717) is 24.1 Å². The van der Waals surface area contributed by atoms with Gasteiger partial charge in [-0.2, -0.15) is 0 Å². The highest BCUT2D eigenvalue weighted by molar-refractivity contribution is 5.92. The summed E-state index contributed by atoms with van der Waals surface area (Å²) in [4.78, 5) is 27.7. The van der Waals surface area contributed by atoms with Crippen molar-refractivity contribution in [1.82, 2.24) is 15.4 Å². The van der Waals surface area contributed by atoms with E-state index in [-0.39, 0.29) is 29.8 Å². The lowest BCUT2D eigenvalue weighted by Gasteiger charge is -2.44. The first kappa shape index (κ1) is 19.5. The van der Waals surface area contributed by atoms with Gasteiger partial charge in [-0.05, 0) is 63.7 Å². The van der Waals surface area contributed by atoms with Crippen LogP contribution in [0, 0.1) is 17.8 Å². The first-order valence-electron chi connectivity index (χ1n) is 11.0. The predicted molar refractivity (Wildman–Crippen MR) is 106 cm³/mol. The molecule has 6 nitrogen and oxygen atoms in total. The maximum Gasteiger partial charge on any atom is 0.273 e. The molecule has 3 fully saturated rings. The standard InChI is InChI=1S/C22H33N3O3/c1-13-4-6-17(7-5-13)22(27)25-11-10-18(14(2)15(25)3)23-21(26)19-12-20(28-24-19)16-8-9-16/h12-18H,4-11H2,1-3H3,(H,23,26). The van der Waals surface area contributed by atoms with Crippen LogP contribution in [0.1, 0.15) is 87.9 Å². The number of carbonyl (C=O) groups excluding carboxylic acids is 2. The third-order valence-electron chi connectivity index (χ3n) is 7.27. The van der Waals surface area contributed by atoms with Crippen LogP contribution < -0.4 is 5.32 Å². The van der Waals surface area contributed by atoms with Crippen LogP contribution in [0.2, 0.25) is 0 Å². The molecule has 28 heavy (non-hydrogen) atoms. The Morgan fingerprint density at radius 3 is 2.46 bits per heavy atom. The highest BCUT2D eigenvalue weighted by atomic mass is 16.5. The minimum Gasteiger partial charge on any atom is -0.360 e. The van der Waals surface area contributed by atoms with Gasteiger partial charge in [0, 0.05) is 36.5 Å². The van der Waals surface area contributed by atoms with E-state index in [1.807, 2.05) is 0 Å². The average molecular weight is 388 g/mol. The molecular formula is C22H33N3O3. The molecule has 0 bridgehead atoms. The normalized spacial score (nSPS) is 33.5. The van der Waals surface area contributed by atoms with E-state index in [2.05, 4.69) is 36.1 Å². The van der Waals surface area contributed by atoms with Crippen molar-refractivity contribution in [2.75, 3.05) is 6.54 Å². The zero-order chi connectivity index (χ0) is 19.8. The Balaban J connectivity index is 1.34. The van der Waals surface area contributed by atoms with Gasteiger partial charge in [-0.3, -0.25) is 9.59 Å². The van der Waals surface area contributed by atoms with Gasteiger partial charge in [0.1, 0.15) is 5.76 Å². The maximum absolute atomic E-state index is 13.1. The van der Waals surface area contributed by atoms with Crippen molar-refractivity contribution >= 4 is 11.8 Å². The van der Waals surface area contributed by atoms with Crippen LogP contribution in [0.5, 0.6) is 0 Å². The molecule has 2 heterocycles. The lowest BCUT2D eigenvalue weighted by molar-refractivity contribution is -0.142. The third-order valence-corrected chi connectivity index (χ3v) is 7.27. The molecule has 6 heteroatoms. The minimum atomic E-state index is -0.166. The average Bonchev–Trinajstić information content (AvgIpc) is 3.42. The van der Waals surface area contributed by atoms with Crippen molar-refractivity contribution in [3.63, 3.8) is 0 Å². The number of nitrogens with one attached hydrogen (secondary N) is 1. The number of hydrogen-bond acceptors (Lipinski definition) is 4. The van der Waals surface area contributed by atoms with Gasteiger partial charge in [0.15, 0.2) is 5.69 Å². The summed E-state index contributed by atoms with van der Waals surface area (Å²) in [6.07, 6.45) is 7.40. The lowest BCUT2D eigenvalue weighted by Crippen LogP contribution is -2.57. The van der Waals surface area contributed by atoms with Gasteiger partial charge in [0.2, 0.25) is 5.91 Å². The molecule has 0 aromatic carbocycles. The van der Waals surface area contributed by atoms with Gasteiger partial charge >= 0.3 is 0 Å². The van der Waals surface area contributed by atoms with Gasteiger partial charge in [-0.15, -0.1) is 0 Å². The molecule has 3 aliphatic rings. The lowest BCUT2D eigenvalue weighted by atomic mass is 9.80. The fourth-order valence-corrected chi connectivity index (χ4v) is 4.82. The number of aromatic nitrogens is 1. The van der Waals surface area contributed by atoms with E-state index in [4.69, 9.17) is 4.52 Å². The van der Waals surface area contributed by atoms with Gasteiger partial charge < -0.3 is 14.7 Å². The Hall–Kier alpha value is -1.85. The Morgan fingerprint density at radius 2 is 1.79 bits per heavy atom. The molecule has 2 saturated carbocycles. The van der Waals surface area contributed by atoms with Crippen molar-refractivity contribution in [2.24, 2.45) is 17.8 Å². The number of nitrogens with zero attached hydrogens (tertiary/aromatic N) is 2. The first-order chi connectivity index (χ1) is 13.4. The number of rotatable bonds is 4. The number of carbonyl (C=O) groups is 2. The van der Waals surface area contributed by atoms with Gasteiger partial charge in [-0.1, -0.05) is 19.0 Å². The summed E-state index contributed by atoms with van der Waals surface area (Å²) < 4.78 is 5.31. The van der Waals surface area contributed by atoms with Crippen LogP contribution in [0.15, 0.2) is 10.6 Å². The van der Waals surface area contributed by atoms with Crippen LogP contribution in [0.3, 0.4) is 0 Å². The van der Waals surface area contributed by atoms with Crippen molar-refractivity contribution < 1.29 is 14.1 Å². The van der Waals surface area contributed by atoms with Crippen molar-refractivity contribution in [3.05, 3.63) is 17.5 Å². The summed E-state index contributed by atoms with van der Waals surface area (Å²) >= 11 is 0. The highest BCUT2D eigenvalue weighted by Gasteiger charge is 2.39. The molecule has 1 aromatic heterocycles. The molecule has 4 rings (SSSR count). The fourth-order valence-electron chi connectivity index (χ4n) is 4.82. The van der Waals surface area contributed by atoms with Gasteiger partial charge in [-0.25, -0.2) is 0 Å². The van der Waals surface area contributed by atoms with E-state index >= 15 is 0 Å². The van der Waals surface area contributed by atoms with Crippen LogP contribution in [-0.2, 0) is 4.79 Å². The molecule has 3 unspecified atom stereocenters. The number of piperidine rings is 1. The zero-order valence-corrected chi connectivity index (χ0v) is 17.3. The first-order valence-corrected chi connectivity index (χ1v) is 11.0. The minimum absolute atomic E-state index is 0.0546.